The summed E-state index contributed by atoms with van der Waals surface area (Å²) in [6.45, 7) is 4.18. The number of hydrogen-bond acceptors (Lipinski definition) is 3. The first-order chi connectivity index (χ1) is 11.6. The zero-order valence-electron chi connectivity index (χ0n) is 14.3. The van der Waals surface area contributed by atoms with Crippen LogP contribution in [-0.4, -0.2) is 21.5 Å². The number of carbonyl (C=O) groups is 1. The number of fused-ring (bicyclic) bond motifs is 1. The normalized spacial score (nSPS) is 13.1. The Morgan fingerprint density at radius 1 is 1.16 bits per heavy atom. The van der Waals surface area contributed by atoms with E-state index >= 15 is 0 Å². The third-order valence-electron chi connectivity index (χ3n) is 4.34. The number of halogens is 1. The van der Waals surface area contributed by atoms with Gasteiger partial charge < -0.3 is 11.1 Å². The predicted molar refractivity (Wildman–Crippen MR) is 103 cm³/mol. The molecular formula is C19H23ClN4O. The number of nitrogens with two attached hydrogens (primary N) is 1. The molecule has 6 heteroatoms. The van der Waals surface area contributed by atoms with E-state index in [0.29, 0.717) is 6.54 Å². The fraction of sp³-hybridized carbons (Fsp3) is 0.263. The van der Waals surface area contributed by atoms with Crippen LogP contribution in [-0.2, 0) is 11.3 Å². The Bertz CT molecular complexity index is 842. The van der Waals surface area contributed by atoms with E-state index < -0.39 is 0 Å². The van der Waals surface area contributed by atoms with Gasteiger partial charge in [-0.3, -0.25) is 9.36 Å². The van der Waals surface area contributed by atoms with Gasteiger partial charge in [-0.1, -0.05) is 31.2 Å². The summed E-state index contributed by atoms with van der Waals surface area (Å²) in [6.07, 6.45) is 1.83. The lowest BCUT2D eigenvalue weighted by molar-refractivity contribution is -0.125. The number of rotatable bonds is 5. The van der Waals surface area contributed by atoms with Gasteiger partial charge in [0.25, 0.3) is 0 Å². The topological polar surface area (TPSA) is 72.9 Å². The van der Waals surface area contributed by atoms with Gasteiger partial charge in [0.15, 0.2) is 0 Å². The molecule has 0 radical (unpaired) electrons. The van der Waals surface area contributed by atoms with Crippen LogP contribution < -0.4 is 11.1 Å². The third kappa shape index (κ3) is 4.18. The molecule has 0 saturated carbocycles. The second-order valence-electron chi connectivity index (χ2n) is 6.14. The van der Waals surface area contributed by atoms with Crippen LogP contribution in [0.5, 0.6) is 0 Å². The van der Waals surface area contributed by atoms with Crippen LogP contribution >= 0.6 is 12.4 Å². The molecule has 0 saturated heterocycles. The lowest BCUT2D eigenvalue weighted by atomic mass is 10.0. The number of amides is 1. The van der Waals surface area contributed by atoms with Gasteiger partial charge in [0.2, 0.25) is 5.91 Å². The zero-order chi connectivity index (χ0) is 17.1. The highest BCUT2D eigenvalue weighted by molar-refractivity contribution is 5.85. The Labute approximate surface area is 153 Å². The van der Waals surface area contributed by atoms with Crippen LogP contribution in [0.15, 0.2) is 54.9 Å². The van der Waals surface area contributed by atoms with E-state index in [1.54, 1.807) is 0 Å². The van der Waals surface area contributed by atoms with Gasteiger partial charge in [0.05, 0.1) is 11.0 Å². The number of nitrogens with one attached hydrogen (secondary N) is 1. The number of aromatic nitrogens is 2. The molecular weight excluding hydrogens is 336 g/mol. The summed E-state index contributed by atoms with van der Waals surface area (Å²) in [5, 5.41) is 2.93. The van der Waals surface area contributed by atoms with Crippen molar-refractivity contribution in [2.24, 2.45) is 11.7 Å². The molecule has 0 aliphatic rings. The Morgan fingerprint density at radius 2 is 1.84 bits per heavy atom. The Hall–Kier alpha value is -2.37. The monoisotopic (exact) mass is 358 g/mol. The average Bonchev–Trinajstić information content (AvgIpc) is 3.03. The van der Waals surface area contributed by atoms with E-state index in [1.807, 2.05) is 68.7 Å². The summed E-state index contributed by atoms with van der Waals surface area (Å²) in [5.74, 6) is -0.212. The van der Waals surface area contributed by atoms with Gasteiger partial charge in [0, 0.05) is 24.2 Å². The van der Waals surface area contributed by atoms with Crippen LogP contribution in [0, 0.1) is 5.92 Å². The summed E-state index contributed by atoms with van der Waals surface area (Å²) >= 11 is 0. The second kappa shape index (κ2) is 8.14. The van der Waals surface area contributed by atoms with Gasteiger partial charge in [-0.2, -0.15) is 0 Å². The highest BCUT2D eigenvalue weighted by atomic mass is 35.5. The van der Waals surface area contributed by atoms with E-state index in [0.717, 1.165) is 22.3 Å². The maximum atomic E-state index is 12.0. The first-order valence-corrected chi connectivity index (χ1v) is 8.11. The molecule has 0 spiro atoms. The van der Waals surface area contributed by atoms with E-state index in [1.165, 1.54) is 0 Å². The molecule has 0 fully saturated rings. The molecule has 2 aromatic carbocycles. The van der Waals surface area contributed by atoms with Crippen molar-refractivity contribution in [3.63, 3.8) is 0 Å². The molecule has 0 aliphatic heterocycles. The highest BCUT2D eigenvalue weighted by Gasteiger charge is 2.16. The fourth-order valence-electron chi connectivity index (χ4n) is 2.53. The number of nitrogens with zero attached hydrogens (tertiary/aromatic N) is 2. The third-order valence-corrected chi connectivity index (χ3v) is 4.34. The summed E-state index contributed by atoms with van der Waals surface area (Å²) in [4.78, 5) is 16.4. The number of para-hydroxylation sites is 2. The van der Waals surface area contributed by atoms with Crippen LogP contribution in [0.1, 0.15) is 19.4 Å². The molecule has 1 aromatic heterocycles. The summed E-state index contributed by atoms with van der Waals surface area (Å²) in [5.41, 5.74) is 9.89. The van der Waals surface area contributed by atoms with Crippen LogP contribution in [0.4, 0.5) is 0 Å². The van der Waals surface area contributed by atoms with Gasteiger partial charge in [-0.25, -0.2) is 4.98 Å². The molecule has 5 nitrogen and oxygen atoms in total. The van der Waals surface area contributed by atoms with Crippen molar-refractivity contribution in [2.45, 2.75) is 26.4 Å². The first kappa shape index (κ1) is 19.0. The molecule has 2 unspecified atom stereocenters. The molecule has 0 aliphatic carbocycles. The van der Waals surface area contributed by atoms with Crippen LogP contribution in [0.2, 0.25) is 0 Å². The lowest BCUT2D eigenvalue weighted by Gasteiger charge is -2.15. The minimum Gasteiger partial charge on any atom is -0.352 e. The molecule has 0 bridgehead atoms. The van der Waals surface area contributed by atoms with Crippen molar-refractivity contribution < 1.29 is 4.79 Å². The van der Waals surface area contributed by atoms with E-state index in [2.05, 4.69) is 14.9 Å². The molecule has 3 rings (SSSR count). The summed E-state index contributed by atoms with van der Waals surface area (Å²) in [6, 6.07) is 16.0. The Morgan fingerprint density at radius 3 is 2.52 bits per heavy atom. The summed E-state index contributed by atoms with van der Waals surface area (Å²) < 4.78 is 2.05. The molecule has 132 valence electrons. The lowest BCUT2D eigenvalue weighted by Crippen LogP contribution is -2.38. The Balaban J connectivity index is 0.00000225. The quantitative estimate of drug-likeness (QED) is 0.736. The molecule has 25 heavy (non-hydrogen) atoms. The van der Waals surface area contributed by atoms with Gasteiger partial charge >= 0.3 is 0 Å². The van der Waals surface area contributed by atoms with Crippen molar-refractivity contribution in [1.82, 2.24) is 14.9 Å². The van der Waals surface area contributed by atoms with Crippen LogP contribution in [0.3, 0.4) is 0 Å². The number of benzene rings is 2. The maximum absolute atomic E-state index is 12.0. The zero-order valence-corrected chi connectivity index (χ0v) is 15.2. The highest BCUT2D eigenvalue weighted by Crippen LogP contribution is 2.18. The number of carbonyl (C=O) groups excluding carboxylic acids is 1. The minimum atomic E-state index is -0.193. The Kier molecular flexibility index (Phi) is 6.17. The maximum Gasteiger partial charge on any atom is 0.224 e. The van der Waals surface area contributed by atoms with Crippen LogP contribution in [0.25, 0.3) is 16.7 Å². The van der Waals surface area contributed by atoms with E-state index in [4.69, 9.17) is 5.73 Å². The van der Waals surface area contributed by atoms with Gasteiger partial charge in [0.1, 0.15) is 6.33 Å². The number of imidazole rings is 1. The van der Waals surface area contributed by atoms with Gasteiger partial charge in [-0.05, 0) is 36.8 Å². The smallest absolute Gasteiger partial charge is 0.224 e. The van der Waals surface area contributed by atoms with E-state index in [-0.39, 0.29) is 30.3 Å². The summed E-state index contributed by atoms with van der Waals surface area (Å²) in [7, 11) is 0. The van der Waals surface area contributed by atoms with E-state index in [9.17, 15) is 4.79 Å². The predicted octanol–water partition coefficient (Wildman–Crippen LogP) is 3.05. The SMILES string of the molecule is CC(N)C(C)C(=O)NCc1ccc(-n2cnc3ccccc32)cc1.Cl. The molecule has 2 atom stereocenters. The largest absolute Gasteiger partial charge is 0.352 e. The molecule has 3 aromatic rings. The first-order valence-electron chi connectivity index (χ1n) is 8.11. The van der Waals surface area contributed by atoms with Crippen molar-refractivity contribution in [2.75, 3.05) is 0 Å². The molecule has 1 amide bonds. The van der Waals surface area contributed by atoms with Crippen molar-refractivity contribution >= 4 is 29.3 Å². The molecule has 1 heterocycles. The standard InChI is InChI=1S/C19H22N4O.ClH/c1-13(14(2)20)19(24)21-11-15-7-9-16(10-8-15)23-12-22-17-5-3-4-6-18(17)23;/h3-10,12-14H,11,20H2,1-2H3,(H,21,24);1H. The molecule has 3 N–H and O–H groups in total. The second-order valence-corrected chi connectivity index (χ2v) is 6.14. The van der Waals surface area contributed by atoms with Gasteiger partial charge in [-0.15, -0.1) is 12.4 Å². The van der Waals surface area contributed by atoms with Crippen molar-refractivity contribution in [1.29, 1.82) is 0 Å². The fourth-order valence-corrected chi connectivity index (χ4v) is 2.53. The number of hydrogen-bond donors (Lipinski definition) is 2. The minimum absolute atomic E-state index is 0. The van der Waals surface area contributed by atoms with Crippen molar-refractivity contribution in [3.8, 4) is 5.69 Å². The van der Waals surface area contributed by atoms with Crippen molar-refractivity contribution in [3.05, 3.63) is 60.4 Å². The average molecular weight is 359 g/mol.